The Morgan fingerprint density at radius 3 is 2.79 bits per heavy atom. The van der Waals surface area contributed by atoms with E-state index in [1.807, 2.05) is 18.2 Å². The third-order valence-corrected chi connectivity index (χ3v) is 6.25. The highest BCUT2D eigenvalue weighted by molar-refractivity contribution is 5.98. The monoisotopic (exact) mass is 378 g/mol. The lowest BCUT2D eigenvalue weighted by Gasteiger charge is -2.35. The van der Waals surface area contributed by atoms with Crippen LogP contribution in [0, 0.1) is 11.7 Å². The first-order valence-corrected chi connectivity index (χ1v) is 10.1. The molecule has 1 fully saturated rings. The van der Waals surface area contributed by atoms with Crippen LogP contribution in [0.15, 0.2) is 47.0 Å². The number of rotatable bonds is 3. The number of carbonyl (C=O) groups excluding carboxylic acids is 1. The maximum atomic E-state index is 13.4. The van der Waals surface area contributed by atoms with E-state index in [4.69, 9.17) is 4.52 Å². The van der Waals surface area contributed by atoms with Gasteiger partial charge in [-0.2, -0.15) is 0 Å². The number of halogens is 1. The Kier molecular flexibility index (Phi) is 4.47. The van der Waals surface area contributed by atoms with Crippen molar-refractivity contribution in [3.05, 3.63) is 65.1 Å². The average molecular weight is 378 g/mol. The smallest absolute Gasteiger partial charge is 0.170 e. The van der Waals surface area contributed by atoms with Gasteiger partial charge in [0.15, 0.2) is 11.4 Å². The van der Waals surface area contributed by atoms with E-state index >= 15 is 0 Å². The zero-order valence-corrected chi connectivity index (χ0v) is 15.7. The molecule has 1 aromatic heterocycles. The number of hydrogen-bond donors (Lipinski definition) is 0. The molecule has 2 aliphatic rings. The van der Waals surface area contributed by atoms with E-state index in [1.54, 1.807) is 6.07 Å². The van der Waals surface area contributed by atoms with Gasteiger partial charge in [-0.3, -0.25) is 4.79 Å². The third kappa shape index (κ3) is 3.24. The molecule has 1 aliphatic carbocycles. The number of nitrogens with zero attached hydrogens (tertiary/aromatic N) is 2. The van der Waals surface area contributed by atoms with Crippen molar-refractivity contribution in [1.29, 1.82) is 0 Å². The number of piperidine rings is 1. The van der Waals surface area contributed by atoms with Crippen LogP contribution >= 0.6 is 0 Å². The van der Waals surface area contributed by atoms with Gasteiger partial charge in [0.1, 0.15) is 5.82 Å². The summed E-state index contributed by atoms with van der Waals surface area (Å²) < 4.78 is 18.7. The fraction of sp³-hybridized carbons (Fsp3) is 0.391. The summed E-state index contributed by atoms with van der Waals surface area (Å²) in [5.74, 6) is 0.725. The standard InChI is InChI=1S/C23H23FN2O2/c24-18-5-6-20-22(13-18)28-25-23(20)16-7-9-26(10-8-16)14-15-11-17-3-1-2-4-19(17)21(27)12-15/h1-6,13,15-16H,7-12,14H2/t15-/m1/s1. The highest BCUT2D eigenvalue weighted by atomic mass is 19.1. The highest BCUT2D eigenvalue weighted by Crippen LogP contribution is 2.34. The Hall–Kier alpha value is -2.53. The maximum absolute atomic E-state index is 13.4. The van der Waals surface area contributed by atoms with Crippen LogP contribution in [0.25, 0.3) is 11.0 Å². The van der Waals surface area contributed by atoms with Gasteiger partial charge in [0.05, 0.1) is 5.69 Å². The average Bonchev–Trinajstić information content (AvgIpc) is 3.11. The summed E-state index contributed by atoms with van der Waals surface area (Å²) in [6, 6.07) is 12.7. The van der Waals surface area contributed by atoms with E-state index in [9.17, 15) is 9.18 Å². The summed E-state index contributed by atoms with van der Waals surface area (Å²) in [6.45, 7) is 2.96. The first-order chi connectivity index (χ1) is 13.7. The van der Waals surface area contributed by atoms with E-state index in [2.05, 4.69) is 16.1 Å². The summed E-state index contributed by atoms with van der Waals surface area (Å²) >= 11 is 0. The molecule has 0 bridgehead atoms. The molecule has 144 valence electrons. The van der Waals surface area contributed by atoms with Gasteiger partial charge in [0.2, 0.25) is 0 Å². The van der Waals surface area contributed by atoms with Crippen molar-refractivity contribution >= 4 is 16.8 Å². The SMILES string of the molecule is O=C1C[C@H](CN2CCC(c3noc4cc(F)ccc34)CC2)Cc2ccccc21. The predicted molar refractivity (Wildman–Crippen MR) is 105 cm³/mol. The second-order valence-electron chi connectivity index (χ2n) is 8.14. The quantitative estimate of drug-likeness (QED) is 0.669. The van der Waals surface area contributed by atoms with Crippen molar-refractivity contribution in [3.63, 3.8) is 0 Å². The summed E-state index contributed by atoms with van der Waals surface area (Å²) in [6.07, 6.45) is 3.66. The van der Waals surface area contributed by atoms with Crippen molar-refractivity contribution in [2.45, 2.75) is 31.6 Å². The Balaban J connectivity index is 1.22. The summed E-state index contributed by atoms with van der Waals surface area (Å²) in [7, 11) is 0. The normalized spacial score (nSPS) is 21.2. The van der Waals surface area contributed by atoms with Gasteiger partial charge >= 0.3 is 0 Å². The van der Waals surface area contributed by atoms with Crippen LogP contribution in [0.2, 0.25) is 0 Å². The molecule has 0 spiro atoms. The van der Waals surface area contributed by atoms with Crippen molar-refractivity contribution < 1.29 is 13.7 Å². The molecular weight excluding hydrogens is 355 g/mol. The van der Waals surface area contributed by atoms with E-state index < -0.39 is 0 Å². The largest absolute Gasteiger partial charge is 0.356 e. The molecule has 0 unspecified atom stereocenters. The zero-order valence-electron chi connectivity index (χ0n) is 15.7. The van der Waals surface area contributed by atoms with Crippen LogP contribution in [0.1, 0.15) is 46.8 Å². The Labute approximate surface area is 163 Å². The Morgan fingerprint density at radius 1 is 1.11 bits per heavy atom. The van der Waals surface area contributed by atoms with E-state index in [1.165, 1.54) is 17.7 Å². The van der Waals surface area contributed by atoms with Crippen molar-refractivity contribution in [2.75, 3.05) is 19.6 Å². The minimum atomic E-state index is -0.298. The molecule has 5 heteroatoms. The first kappa shape index (κ1) is 17.6. The van der Waals surface area contributed by atoms with Crippen molar-refractivity contribution in [1.82, 2.24) is 10.1 Å². The molecule has 1 aliphatic heterocycles. The van der Waals surface area contributed by atoms with Gasteiger partial charge in [-0.05, 0) is 56.0 Å². The minimum Gasteiger partial charge on any atom is -0.356 e. The van der Waals surface area contributed by atoms with E-state index in [0.717, 1.165) is 55.5 Å². The third-order valence-electron chi connectivity index (χ3n) is 6.25. The second kappa shape index (κ2) is 7.13. The molecule has 2 heterocycles. The predicted octanol–water partition coefficient (Wildman–Crippen LogP) is 4.59. The lowest BCUT2D eigenvalue weighted by atomic mass is 9.82. The topological polar surface area (TPSA) is 46.3 Å². The van der Waals surface area contributed by atoms with Gasteiger partial charge in [-0.25, -0.2) is 4.39 Å². The number of likely N-dealkylation sites (tertiary alicyclic amines) is 1. The first-order valence-electron chi connectivity index (χ1n) is 10.1. The fourth-order valence-corrected chi connectivity index (χ4v) is 4.83. The molecule has 2 aromatic carbocycles. The van der Waals surface area contributed by atoms with Crippen molar-refractivity contribution in [2.24, 2.45) is 5.92 Å². The van der Waals surface area contributed by atoms with Crippen LogP contribution in [0.4, 0.5) is 4.39 Å². The number of fused-ring (bicyclic) bond motifs is 2. The Bertz CT molecular complexity index is 1020. The number of hydrogen-bond acceptors (Lipinski definition) is 4. The van der Waals surface area contributed by atoms with E-state index in [-0.39, 0.29) is 11.6 Å². The Morgan fingerprint density at radius 2 is 1.93 bits per heavy atom. The highest BCUT2D eigenvalue weighted by Gasteiger charge is 2.29. The van der Waals surface area contributed by atoms with Crippen LogP contribution in [-0.4, -0.2) is 35.5 Å². The minimum absolute atomic E-state index is 0.281. The number of aromatic nitrogens is 1. The number of benzene rings is 2. The molecule has 0 radical (unpaired) electrons. The molecular formula is C23H23FN2O2. The molecule has 4 nitrogen and oxygen atoms in total. The van der Waals surface area contributed by atoms with Crippen LogP contribution in [0.3, 0.4) is 0 Å². The lowest BCUT2D eigenvalue weighted by molar-refractivity contribution is 0.0921. The molecule has 1 atom stereocenters. The van der Waals surface area contributed by atoms with Gasteiger partial charge < -0.3 is 9.42 Å². The van der Waals surface area contributed by atoms with E-state index in [0.29, 0.717) is 23.8 Å². The number of ketones is 1. The summed E-state index contributed by atoms with van der Waals surface area (Å²) in [5.41, 5.74) is 3.58. The maximum Gasteiger partial charge on any atom is 0.170 e. The van der Waals surface area contributed by atoms with Crippen LogP contribution in [-0.2, 0) is 6.42 Å². The van der Waals surface area contributed by atoms with Gasteiger partial charge in [-0.1, -0.05) is 29.4 Å². The summed E-state index contributed by atoms with van der Waals surface area (Å²) in [4.78, 5) is 14.9. The molecule has 3 aromatic rings. The van der Waals surface area contributed by atoms with Gasteiger partial charge in [-0.15, -0.1) is 0 Å². The lowest BCUT2D eigenvalue weighted by Crippen LogP contribution is -2.38. The van der Waals surface area contributed by atoms with Gasteiger partial charge in [0.25, 0.3) is 0 Å². The van der Waals surface area contributed by atoms with Crippen LogP contribution in [0.5, 0.6) is 0 Å². The molecule has 0 saturated carbocycles. The molecule has 0 N–H and O–H groups in total. The number of carbonyl (C=O) groups is 1. The zero-order chi connectivity index (χ0) is 19.1. The molecule has 5 rings (SSSR count). The number of Topliss-reactive ketones (excluding diaryl/α,β-unsaturated/α-hetero) is 1. The summed E-state index contributed by atoms with van der Waals surface area (Å²) in [5, 5.41) is 5.16. The molecule has 28 heavy (non-hydrogen) atoms. The van der Waals surface area contributed by atoms with Crippen molar-refractivity contribution in [3.8, 4) is 0 Å². The molecule has 1 saturated heterocycles. The fourth-order valence-electron chi connectivity index (χ4n) is 4.83. The second-order valence-corrected chi connectivity index (χ2v) is 8.14. The van der Waals surface area contributed by atoms with Crippen LogP contribution < -0.4 is 0 Å². The van der Waals surface area contributed by atoms with Gasteiger partial charge in [0, 0.05) is 35.9 Å². The molecule has 0 amide bonds.